The third kappa shape index (κ3) is 5.48. The van der Waals surface area contributed by atoms with Crippen molar-refractivity contribution in [3.05, 3.63) is 28.8 Å². The monoisotopic (exact) mass is 323 g/mol. The van der Waals surface area contributed by atoms with Gasteiger partial charge in [-0.3, -0.25) is 0 Å². The number of hydrogen-bond acceptors (Lipinski definition) is 4. The zero-order valence-corrected chi connectivity index (χ0v) is 15.4. The van der Waals surface area contributed by atoms with Gasteiger partial charge < -0.3 is 20.7 Å². The quantitative estimate of drug-likeness (QED) is 0.752. The van der Waals surface area contributed by atoms with Crippen LogP contribution < -0.4 is 5.73 Å². The Morgan fingerprint density at radius 3 is 2.13 bits per heavy atom. The second kappa shape index (κ2) is 7.65. The number of hydrogen-bond donors (Lipinski definition) is 3. The Hall–Kier alpha value is -1.10. The lowest BCUT2D eigenvalue weighted by Gasteiger charge is -2.28. The summed E-state index contributed by atoms with van der Waals surface area (Å²) < 4.78 is 5.56. The molecule has 1 unspecified atom stereocenters. The van der Waals surface area contributed by atoms with Crippen molar-refractivity contribution in [1.29, 1.82) is 0 Å². The van der Waals surface area contributed by atoms with E-state index < -0.39 is 0 Å². The average Bonchev–Trinajstić information content (AvgIpc) is 2.42. The average molecular weight is 323 g/mol. The number of aliphatic hydroxyl groups excluding tert-OH is 1. The molecule has 0 spiro atoms. The van der Waals surface area contributed by atoms with Crippen molar-refractivity contribution in [2.45, 2.75) is 64.9 Å². The Bertz CT molecular complexity index is 513. The van der Waals surface area contributed by atoms with E-state index in [1.807, 2.05) is 6.07 Å². The van der Waals surface area contributed by atoms with Crippen LogP contribution in [0.1, 0.15) is 58.2 Å². The number of phenolic OH excluding ortho intramolecular Hbond substituents is 1. The van der Waals surface area contributed by atoms with Crippen LogP contribution in [0.15, 0.2) is 12.1 Å². The molecule has 0 aliphatic heterocycles. The maximum Gasteiger partial charge on any atom is 0.122 e. The Balaban J connectivity index is 3.29. The number of ether oxygens (including phenoxy) is 1. The summed E-state index contributed by atoms with van der Waals surface area (Å²) in [5.41, 5.74) is 8.20. The number of benzene rings is 1. The zero-order chi connectivity index (χ0) is 17.8. The summed E-state index contributed by atoms with van der Waals surface area (Å²) >= 11 is 0. The third-order valence-electron chi connectivity index (χ3n) is 3.99. The van der Waals surface area contributed by atoms with Crippen molar-refractivity contribution in [3.8, 4) is 5.75 Å². The summed E-state index contributed by atoms with van der Waals surface area (Å²) in [6.45, 7) is 13.5. The minimum absolute atomic E-state index is 0.0186. The molecule has 4 nitrogen and oxygen atoms in total. The summed E-state index contributed by atoms with van der Waals surface area (Å²) in [5.74, 6) is 0.306. The highest BCUT2D eigenvalue weighted by Gasteiger charge is 2.25. The van der Waals surface area contributed by atoms with E-state index in [2.05, 4.69) is 47.6 Å². The fourth-order valence-corrected chi connectivity index (χ4v) is 2.51. The molecule has 0 aliphatic rings. The number of aromatic hydroxyl groups is 1. The van der Waals surface area contributed by atoms with Gasteiger partial charge in [0.1, 0.15) is 5.75 Å². The summed E-state index contributed by atoms with van der Waals surface area (Å²) in [5, 5.41) is 20.2. The van der Waals surface area contributed by atoms with E-state index in [-0.39, 0.29) is 23.5 Å². The molecule has 4 heteroatoms. The number of nitrogens with two attached hydrogens (primary N) is 1. The number of aliphatic hydroxyl groups is 1. The molecule has 1 rings (SSSR count). The lowest BCUT2D eigenvalue weighted by atomic mass is 9.78. The van der Waals surface area contributed by atoms with Crippen molar-refractivity contribution >= 4 is 0 Å². The zero-order valence-electron chi connectivity index (χ0n) is 15.4. The van der Waals surface area contributed by atoms with E-state index in [9.17, 15) is 10.2 Å². The van der Waals surface area contributed by atoms with Crippen LogP contribution in [0.5, 0.6) is 5.75 Å². The normalized spacial score (nSPS) is 14.1. The first-order valence-electron chi connectivity index (χ1n) is 8.30. The molecule has 0 aromatic heterocycles. The van der Waals surface area contributed by atoms with Gasteiger partial charge in [-0.1, -0.05) is 53.7 Å². The molecule has 0 aliphatic carbocycles. The van der Waals surface area contributed by atoms with E-state index in [1.54, 1.807) is 0 Å². The van der Waals surface area contributed by atoms with Gasteiger partial charge in [0.2, 0.25) is 0 Å². The molecular formula is C19H33NO3. The molecule has 0 heterocycles. The predicted molar refractivity (Wildman–Crippen MR) is 95.1 cm³/mol. The summed E-state index contributed by atoms with van der Waals surface area (Å²) in [6.07, 6.45) is 0.113. The molecule has 4 N–H and O–H groups in total. The van der Waals surface area contributed by atoms with Crippen LogP contribution in [0.4, 0.5) is 0 Å². The van der Waals surface area contributed by atoms with Crippen LogP contribution >= 0.6 is 0 Å². The smallest absolute Gasteiger partial charge is 0.122 e. The second-order valence-corrected chi connectivity index (χ2v) is 8.20. The Morgan fingerprint density at radius 1 is 1.09 bits per heavy atom. The topological polar surface area (TPSA) is 75.7 Å². The van der Waals surface area contributed by atoms with Crippen molar-refractivity contribution < 1.29 is 14.9 Å². The number of rotatable bonds is 6. The molecule has 0 bridgehead atoms. The van der Waals surface area contributed by atoms with Gasteiger partial charge in [-0.2, -0.15) is 0 Å². The van der Waals surface area contributed by atoms with E-state index in [1.165, 1.54) is 5.56 Å². The van der Waals surface area contributed by atoms with Gasteiger partial charge in [0.25, 0.3) is 0 Å². The van der Waals surface area contributed by atoms with Gasteiger partial charge in [-0.15, -0.1) is 0 Å². The van der Waals surface area contributed by atoms with E-state index >= 15 is 0 Å². The lowest BCUT2D eigenvalue weighted by molar-refractivity contribution is 0.0174. The molecule has 0 radical (unpaired) electrons. The standard InChI is InChI=1S/C19H33NO3/c1-18(2,3)14-9-13(10-15(12-21)23-8-7-20)17(22)16(11-14)19(4,5)6/h9,11,15,21-22H,7-8,10,12,20H2,1-6H3. The maximum atomic E-state index is 10.7. The van der Waals surface area contributed by atoms with Gasteiger partial charge in [0.15, 0.2) is 0 Å². The van der Waals surface area contributed by atoms with Crippen LogP contribution in [0, 0.1) is 0 Å². The van der Waals surface area contributed by atoms with Crippen molar-refractivity contribution in [2.75, 3.05) is 19.8 Å². The van der Waals surface area contributed by atoms with Gasteiger partial charge in [-0.05, 0) is 27.5 Å². The minimum atomic E-state index is -0.354. The molecule has 132 valence electrons. The molecule has 23 heavy (non-hydrogen) atoms. The van der Waals surface area contributed by atoms with Gasteiger partial charge in [-0.25, -0.2) is 0 Å². The fourth-order valence-electron chi connectivity index (χ4n) is 2.51. The number of phenols is 1. The molecule has 1 aromatic carbocycles. The van der Waals surface area contributed by atoms with Crippen LogP contribution in [0.3, 0.4) is 0 Å². The minimum Gasteiger partial charge on any atom is -0.507 e. The van der Waals surface area contributed by atoms with Crippen molar-refractivity contribution in [3.63, 3.8) is 0 Å². The fraction of sp³-hybridized carbons (Fsp3) is 0.684. The first kappa shape index (κ1) is 19.9. The highest BCUT2D eigenvalue weighted by Crippen LogP contribution is 2.38. The largest absolute Gasteiger partial charge is 0.507 e. The summed E-state index contributed by atoms with van der Waals surface area (Å²) in [6, 6.07) is 4.12. The van der Waals surface area contributed by atoms with Crippen molar-refractivity contribution in [1.82, 2.24) is 0 Å². The van der Waals surface area contributed by atoms with Crippen LogP contribution in [0.2, 0.25) is 0 Å². The maximum absolute atomic E-state index is 10.7. The van der Waals surface area contributed by atoms with Gasteiger partial charge >= 0.3 is 0 Å². The molecular weight excluding hydrogens is 290 g/mol. The lowest BCUT2D eigenvalue weighted by Crippen LogP contribution is -2.25. The molecule has 0 fully saturated rings. The van der Waals surface area contributed by atoms with Crippen LogP contribution in [0.25, 0.3) is 0 Å². The highest BCUT2D eigenvalue weighted by molar-refractivity contribution is 5.49. The first-order valence-corrected chi connectivity index (χ1v) is 8.30. The molecule has 1 atom stereocenters. The first-order chi connectivity index (χ1) is 10.5. The van der Waals surface area contributed by atoms with Gasteiger partial charge in [0, 0.05) is 13.0 Å². The van der Waals surface area contributed by atoms with Crippen LogP contribution in [-0.2, 0) is 22.0 Å². The predicted octanol–water partition coefficient (Wildman–Crippen LogP) is 2.87. The SMILES string of the molecule is CC(C)(C)c1cc(CC(CO)OCCN)c(O)c(C(C)(C)C)c1. The van der Waals surface area contributed by atoms with E-state index in [0.717, 1.165) is 11.1 Å². The van der Waals surface area contributed by atoms with Crippen molar-refractivity contribution in [2.24, 2.45) is 5.73 Å². The Kier molecular flexibility index (Phi) is 6.63. The molecule has 0 saturated heterocycles. The van der Waals surface area contributed by atoms with Crippen LogP contribution in [-0.4, -0.2) is 36.1 Å². The molecule has 0 saturated carbocycles. The summed E-state index contributed by atoms with van der Waals surface area (Å²) in [7, 11) is 0. The second-order valence-electron chi connectivity index (χ2n) is 8.20. The summed E-state index contributed by atoms with van der Waals surface area (Å²) in [4.78, 5) is 0. The highest BCUT2D eigenvalue weighted by atomic mass is 16.5. The van der Waals surface area contributed by atoms with E-state index in [0.29, 0.717) is 25.3 Å². The molecule has 0 amide bonds. The van der Waals surface area contributed by atoms with E-state index in [4.69, 9.17) is 10.5 Å². The Morgan fingerprint density at radius 2 is 1.70 bits per heavy atom. The third-order valence-corrected chi connectivity index (χ3v) is 3.99. The Labute approximate surface area is 140 Å². The molecule has 1 aromatic rings. The van der Waals surface area contributed by atoms with Gasteiger partial charge in [0.05, 0.1) is 19.3 Å².